The van der Waals surface area contributed by atoms with E-state index >= 15 is 0 Å². The molecule has 1 N–H and O–H groups in total. The minimum absolute atomic E-state index is 0.0210. The van der Waals surface area contributed by atoms with Crippen LogP contribution >= 0.6 is 23.2 Å². The van der Waals surface area contributed by atoms with Gasteiger partial charge in [-0.25, -0.2) is 4.39 Å². The van der Waals surface area contributed by atoms with Crippen molar-refractivity contribution in [2.45, 2.75) is 6.54 Å². The number of benzene rings is 2. The Bertz CT molecular complexity index is 662. The molecule has 0 aliphatic heterocycles. The number of amides is 1. The summed E-state index contributed by atoms with van der Waals surface area (Å²) < 4.78 is 13.1. The van der Waals surface area contributed by atoms with Crippen LogP contribution in [0.5, 0.6) is 0 Å². The number of nitrogens with one attached hydrogen (secondary N) is 1. The van der Waals surface area contributed by atoms with E-state index in [4.69, 9.17) is 23.2 Å². The van der Waals surface area contributed by atoms with Crippen molar-refractivity contribution in [3.05, 3.63) is 63.9 Å². The van der Waals surface area contributed by atoms with Gasteiger partial charge in [0.2, 0.25) is 5.91 Å². The van der Waals surface area contributed by atoms with E-state index in [1.54, 1.807) is 0 Å². The molecule has 2 aromatic rings. The Morgan fingerprint density at radius 1 is 1.18 bits per heavy atom. The standard InChI is InChI=1S/C16H15Cl2FN2O/c1-21(9-11-2-4-12(17)5-3-11)10-16(22)20-13-6-7-15(19)14(18)8-13/h2-8H,9-10H2,1H3,(H,20,22). The van der Waals surface area contributed by atoms with Gasteiger partial charge >= 0.3 is 0 Å². The van der Waals surface area contributed by atoms with Crippen molar-refractivity contribution < 1.29 is 9.18 Å². The van der Waals surface area contributed by atoms with E-state index in [0.717, 1.165) is 5.56 Å². The molecule has 2 aromatic carbocycles. The largest absolute Gasteiger partial charge is 0.325 e. The highest BCUT2D eigenvalue weighted by Gasteiger charge is 2.09. The monoisotopic (exact) mass is 340 g/mol. The predicted octanol–water partition coefficient (Wildman–Crippen LogP) is 4.20. The first-order chi connectivity index (χ1) is 10.4. The van der Waals surface area contributed by atoms with E-state index in [9.17, 15) is 9.18 Å². The van der Waals surface area contributed by atoms with Gasteiger partial charge in [-0.3, -0.25) is 9.69 Å². The maximum Gasteiger partial charge on any atom is 0.238 e. The van der Waals surface area contributed by atoms with Gasteiger partial charge in [0.05, 0.1) is 11.6 Å². The smallest absolute Gasteiger partial charge is 0.238 e. The van der Waals surface area contributed by atoms with Crippen LogP contribution in [0.1, 0.15) is 5.56 Å². The highest BCUT2D eigenvalue weighted by Crippen LogP contribution is 2.19. The fourth-order valence-electron chi connectivity index (χ4n) is 1.98. The van der Waals surface area contributed by atoms with Crippen LogP contribution in [0.4, 0.5) is 10.1 Å². The summed E-state index contributed by atoms with van der Waals surface area (Å²) in [5.41, 5.74) is 1.53. The van der Waals surface area contributed by atoms with Crippen LogP contribution in [0.3, 0.4) is 0 Å². The third kappa shape index (κ3) is 4.98. The van der Waals surface area contributed by atoms with E-state index in [1.807, 2.05) is 36.2 Å². The van der Waals surface area contributed by atoms with Gasteiger partial charge < -0.3 is 5.32 Å². The molecule has 0 aliphatic carbocycles. The molecule has 0 atom stereocenters. The normalized spacial score (nSPS) is 10.8. The maximum absolute atomic E-state index is 13.1. The van der Waals surface area contributed by atoms with Crippen molar-refractivity contribution >= 4 is 34.8 Å². The second-order valence-electron chi connectivity index (χ2n) is 4.98. The SMILES string of the molecule is CN(CC(=O)Nc1ccc(F)c(Cl)c1)Cc1ccc(Cl)cc1. The first kappa shape index (κ1) is 16.7. The summed E-state index contributed by atoms with van der Waals surface area (Å²) in [4.78, 5) is 13.8. The Kier molecular flexibility index (Phi) is 5.77. The lowest BCUT2D eigenvalue weighted by molar-refractivity contribution is -0.117. The third-order valence-electron chi connectivity index (χ3n) is 2.98. The Hall–Kier alpha value is -1.62. The summed E-state index contributed by atoms with van der Waals surface area (Å²) in [5.74, 6) is -0.710. The predicted molar refractivity (Wildman–Crippen MR) is 87.8 cm³/mol. The van der Waals surface area contributed by atoms with Gasteiger partial charge in [0.1, 0.15) is 5.82 Å². The highest BCUT2D eigenvalue weighted by atomic mass is 35.5. The van der Waals surface area contributed by atoms with Crippen LogP contribution < -0.4 is 5.32 Å². The summed E-state index contributed by atoms with van der Waals surface area (Å²) in [7, 11) is 1.84. The molecule has 6 heteroatoms. The van der Waals surface area contributed by atoms with Gasteiger partial charge in [0.15, 0.2) is 0 Å². The molecule has 22 heavy (non-hydrogen) atoms. The number of rotatable bonds is 5. The van der Waals surface area contributed by atoms with Crippen LogP contribution in [-0.2, 0) is 11.3 Å². The van der Waals surface area contributed by atoms with Crippen LogP contribution in [0.2, 0.25) is 10.0 Å². The fraction of sp³-hybridized carbons (Fsp3) is 0.188. The fourth-order valence-corrected chi connectivity index (χ4v) is 2.28. The molecule has 0 aromatic heterocycles. The highest BCUT2D eigenvalue weighted by molar-refractivity contribution is 6.31. The van der Waals surface area contributed by atoms with E-state index in [-0.39, 0.29) is 17.5 Å². The number of carbonyl (C=O) groups is 1. The van der Waals surface area contributed by atoms with E-state index in [0.29, 0.717) is 17.3 Å². The lowest BCUT2D eigenvalue weighted by Crippen LogP contribution is -2.29. The Labute approximate surface area is 138 Å². The van der Waals surface area contributed by atoms with Crippen LogP contribution in [0, 0.1) is 5.82 Å². The van der Waals surface area contributed by atoms with Crippen LogP contribution in [0.15, 0.2) is 42.5 Å². The topological polar surface area (TPSA) is 32.3 Å². The third-order valence-corrected chi connectivity index (χ3v) is 3.52. The number of carbonyl (C=O) groups excluding carboxylic acids is 1. The minimum Gasteiger partial charge on any atom is -0.325 e. The number of halogens is 3. The first-order valence-corrected chi connectivity index (χ1v) is 7.37. The van der Waals surface area contributed by atoms with Gasteiger partial charge in [-0.15, -0.1) is 0 Å². The second-order valence-corrected chi connectivity index (χ2v) is 5.82. The molecule has 3 nitrogen and oxygen atoms in total. The average molecular weight is 341 g/mol. The number of nitrogens with zero attached hydrogens (tertiary/aromatic N) is 1. The molecule has 1 amide bonds. The molecular weight excluding hydrogens is 326 g/mol. The molecule has 116 valence electrons. The van der Waals surface area contributed by atoms with Crippen LogP contribution in [0.25, 0.3) is 0 Å². The zero-order valence-corrected chi connectivity index (χ0v) is 13.5. The molecule has 0 spiro atoms. The minimum atomic E-state index is -0.514. The van der Waals surface area contributed by atoms with Gasteiger partial charge in [-0.1, -0.05) is 35.3 Å². The lowest BCUT2D eigenvalue weighted by Gasteiger charge is -2.16. The van der Waals surface area contributed by atoms with Gasteiger partial charge in [0.25, 0.3) is 0 Å². The van der Waals surface area contributed by atoms with E-state index < -0.39 is 5.82 Å². The zero-order chi connectivity index (χ0) is 16.1. The van der Waals surface area contributed by atoms with Gasteiger partial charge in [-0.2, -0.15) is 0 Å². The average Bonchev–Trinajstić information content (AvgIpc) is 2.45. The molecule has 0 radical (unpaired) electrons. The van der Waals surface area contributed by atoms with Crippen molar-refractivity contribution in [3.8, 4) is 0 Å². The van der Waals surface area contributed by atoms with E-state index in [2.05, 4.69) is 5.32 Å². The number of hydrogen-bond acceptors (Lipinski definition) is 2. The Morgan fingerprint density at radius 3 is 2.50 bits per heavy atom. The quantitative estimate of drug-likeness (QED) is 0.884. The molecule has 0 saturated heterocycles. The second kappa shape index (κ2) is 7.58. The van der Waals surface area contributed by atoms with Gasteiger partial charge in [-0.05, 0) is 42.9 Å². The first-order valence-electron chi connectivity index (χ1n) is 6.62. The summed E-state index contributed by atoms with van der Waals surface area (Å²) in [6, 6.07) is 11.5. The molecule has 2 rings (SSSR count). The Morgan fingerprint density at radius 2 is 1.86 bits per heavy atom. The molecule has 0 fully saturated rings. The molecule has 0 saturated carbocycles. The molecular formula is C16H15Cl2FN2O. The number of anilines is 1. The van der Waals surface area contributed by atoms with Crippen molar-refractivity contribution in [1.29, 1.82) is 0 Å². The van der Waals surface area contributed by atoms with Crippen molar-refractivity contribution in [1.82, 2.24) is 4.90 Å². The number of likely N-dealkylation sites (N-methyl/N-ethyl adjacent to an activating group) is 1. The zero-order valence-electron chi connectivity index (χ0n) is 11.9. The summed E-state index contributed by atoms with van der Waals surface area (Å²) >= 11 is 11.5. The summed E-state index contributed by atoms with van der Waals surface area (Å²) in [5, 5.41) is 3.34. The van der Waals surface area contributed by atoms with Crippen LogP contribution in [-0.4, -0.2) is 24.4 Å². The van der Waals surface area contributed by atoms with Crippen molar-refractivity contribution in [2.75, 3.05) is 18.9 Å². The van der Waals surface area contributed by atoms with Crippen molar-refractivity contribution in [2.24, 2.45) is 0 Å². The molecule has 0 aliphatic rings. The molecule has 0 bridgehead atoms. The molecule has 0 heterocycles. The Balaban J connectivity index is 1.88. The number of hydrogen-bond donors (Lipinski definition) is 1. The van der Waals surface area contributed by atoms with Gasteiger partial charge in [0, 0.05) is 17.3 Å². The summed E-state index contributed by atoms with van der Waals surface area (Å²) in [6.07, 6.45) is 0. The molecule has 0 unspecified atom stereocenters. The summed E-state index contributed by atoms with van der Waals surface area (Å²) in [6.45, 7) is 0.826. The lowest BCUT2D eigenvalue weighted by atomic mass is 10.2. The van der Waals surface area contributed by atoms with Crippen molar-refractivity contribution in [3.63, 3.8) is 0 Å². The van der Waals surface area contributed by atoms with E-state index in [1.165, 1.54) is 18.2 Å². The maximum atomic E-state index is 13.1.